The number of aromatic hydroxyl groups is 1. The molecule has 0 saturated carbocycles. The van der Waals surface area contributed by atoms with Gasteiger partial charge in [0.05, 0.1) is 7.11 Å². The molecular weight excluding hydrogens is 190 g/mol. The second-order valence-electron chi connectivity index (χ2n) is 3.97. The Morgan fingerprint density at radius 2 is 2.13 bits per heavy atom. The molecule has 0 fully saturated rings. The Morgan fingerprint density at radius 3 is 2.60 bits per heavy atom. The Hall–Kier alpha value is -1.22. The van der Waals surface area contributed by atoms with E-state index >= 15 is 0 Å². The highest BCUT2D eigenvalue weighted by Gasteiger charge is 2.27. The van der Waals surface area contributed by atoms with Gasteiger partial charge in [-0.2, -0.15) is 0 Å². The van der Waals surface area contributed by atoms with Crippen LogP contribution in [0.4, 0.5) is 0 Å². The molecule has 0 amide bonds. The van der Waals surface area contributed by atoms with Crippen LogP contribution in [0.1, 0.15) is 25.8 Å². The summed E-state index contributed by atoms with van der Waals surface area (Å²) in [6.07, 6.45) is 0.879. The van der Waals surface area contributed by atoms with Gasteiger partial charge in [0.15, 0.2) is 11.5 Å². The van der Waals surface area contributed by atoms with Crippen LogP contribution >= 0.6 is 0 Å². The number of phenols is 1. The number of nitrogens with two attached hydrogens (primary N) is 1. The molecule has 0 aliphatic carbocycles. The summed E-state index contributed by atoms with van der Waals surface area (Å²) in [6, 6.07) is 5.51. The number of methoxy groups -OCH3 is 1. The Morgan fingerprint density at radius 1 is 1.47 bits per heavy atom. The number of rotatable bonds is 4. The Balaban J connectivity index is 3.24. The van der Waals surface area contributed by atoms with Gasteiger partial charge in [0.1, 0.15) is 0 Å². The molecule has 0 spiro atoms. The smallest absolute Gasteiger partial charge is 0.161 e. The van der Waals surface area contributed by atoms with Crippen LogP contribution in [0.2, 0.25) is 0 Å². The summed E-state index contributed by atoms with van der Waals surface area (Å²) in [4.78, 5) is 0. The van der Waals surface area contributed by atoms with Crippen LogP contribution in [0.25, 0.3) is 0 Å². The molecule has 3 heteroatoms. The van der Waals surface area contributed by atoms with Gasteiger partial charge in [0.2, 0.25) is 0 Å². The monoisotopic (exact) mass is 209 g/mol. The molecule has 1 atom stereocenters. The van der Waals surface area contributed by atoms with E-state index in [-0.39, 0.29) is 11.2 Å². The lowest BCUT2D eigenvalue weighted by molar-refractivity contribution is 0.357. The van der Waals surface area contributed by atoms with Gasteiger partial charge in [0, 0.05) is 17.5 Å². The molecule has 0 aliphatic heterocycles. The topological polar surface area (TPSA) is 55.5 Å². The van der Waals surface area contributed by atoms with Gasteiger partial charge in [-0.15, -0.1) is 0 Å². The molecule has 1 unspecified atom stereocenters. The number of benzene rings is 1. The first-order valence-corrected chi connectivity index (χ1v) is 5.15. The van der Waals surface area contributed by atoms with E-state index in [0.29, 0.717) is 12.3 Å². The van der Waals surface area contributed by atoms with E-state index in [2.05, 4.69) is 6.92 Å². The Labute approximate surface area is 90.9 Å². The molecule has 1 rings (SSSR count). The first-order valence-electron chi connectivity index (χ1n) is 5.15. The van der Waals surface area contributed by atoms with Crippen molar-refractivity contribution in [3.05, 3.63) is 23.8 Å². The van der Waals surface area contributed by atoms with Crippen LogP contribution in [0.15, 0.2) is 18.2 Å². The Kier molecular flexibility index (Phi) is 3.58. The van der Waals surface area contributed by atoms with Crippen LogP contribution in [-0.4, -0.2) is 18.8 Å². The standard InChI is InChI=1S/C12H19NO2/c1-4-12(2,8-13)9-6-5-7-10(15-3)11(9)14/h5-7,14H,4,8,13H2,1-3H3. The fraction of sp³-hybridized carbons (Fsp3) is 0.500. The minimum absolute atomic E-state index is 0.196. The van der Waals surface area contributed by atoms with E-state index in [1.807, 2.05) is 19.1 Å². The molecule has 0 radical (unpaired) electrons. The predicted molar refractivity (Wildman–Crippen MR) is 61.4 cm³/mol. The number of ether oxygens (including phenoxy) is 1. The molecule has 1 aromatic rings. The summed E-state index contributed by atoms with van der Waals surface area (Å²) >= 11 is 0. The van der Waals surface area contributed by atoms with Gasteiger partial charge in [-0.3, -0.25) is 0 Å². The fourth-order valence-electron chi connectivity index (χ4n) is 1.62. The molecule has 3 N–H and O–H groups in total. The molecule has 3 nitrogen and oxygen atoms in total. The molecule has 0 heterocycles. The summed E-state index contributed by atoms with van der Waals surface area (Å²) < 4.78 is 5.08. The molecule has 0 aromatic heterocycles. The van der Waals surface area contributed by atoms with Crippen molar-refractivity contribution in [3.63, 3.8) is 0 Å². The minimum Gasteiger partial charge on any atom is -0.504 e. The summed E-state index contributed by atoms with van der Waals surface area (Å²) in [5.74, 6) is 0.704. The van der Waals surface area contributed by atoms with Gasteiger partial charge in [0.25, 0.3) is 0 Å². The molecule has 84 valence electrons. The van der Waals surface area contributed by atoms with Crippen molar-refractivity contribution in [1.82, 2.24) is 0 Å². The molecule has 0 bridgehead atoms. The molecule has 15 heavy (non-hydrogen) atoms. The first-order chi connectivity index (χ1) is 7.09. The van der Waals surface area contributed by atoms with Crippen molar-refractivity contribution in [2.24, 2.45) is 5.73 Å². The lowest BCUT2D eigenvalue weighted by atomic mass is 9.79. The van der Waals surface area contributed by atoms with Crippen molar-refractivity contribution >= 4 is 0 Å². The zero-order valence-electron chi connectivity index (χ0n) is 9.58. The van der Waals surface area contributed by atoms with Gasteiger partial charge in [-0.1, -0.05) is 26.0 Å². The van der Waals surface area contributed by atoms with Gasteiger partial charge >= 0.3 is 0 Å². The summed E-state index contributed by atoms with van der Waals surface area (Å²) in [7, 11) is 1.55. The van der Waals surface area contributed by atoms with Crippen molar-refractivity contribution in [1.29, 1.82) is 0 Å². The fourth-order valence-corrected chi connectivity index (χ4v) is 1.62. The van der Waals surface area contributed by atoms with E-state index in [1.165, 1.54) is 0 Å². The van der Waals surface area contributed by atoms with E-state index < -0.39 is 0 Å². The average Bonchev–Trinajstić information content (AvgIpc) is 2.28. The number of phenolic OH excluding ortho intramolecular Hbond substituents is 1. The normalized spacial score (nSPS) is 14.7. The zero-order chi connectivity index (χ0) is 11.5. The van der Waals surface area contributed by atoms with Gasteiger partial charge in [-0.25, -0.2) is 0 Å². The second-order valence-corrected chi connectivity index (χ2v) is 3.97. The van der Waals surface area contributed by atoms with E-state index in [4.69, 9.17) is 10.5 Å². The summed E-state index contributed by atoms with van der Waals surface area (Å²) in [5.41, 5.74) is 6.42. The van der Waals surface area contributed by atoms with Crippen LogP contribution in [0.5, 0.6) is 11.5 Å². The average molecular weight is 209 g/mol. The molecule has 0 aliphatic rings. The lowest BCUT2D eigenvalue weighted by Gasteiger charge is -2.28. The number of hydrogen-bond acceptors (Lipinski definition) is 3. The van der Waals surface area contributed by atoms with E-state index in [0.717, 1.165) is 12.0 Å². The highest BCUT2D eigenvalue weighted by molar-refractivity contribution is 5.48. The maximum atomic E-state index is 10.0. The highest BCUT2D eigenvalue weighted by Crippen LogP contribution is 2.38. The van der Waals surface area contributed by atoms with Crippen molar-refractivity contribution in [2.75, 3.05) is 13.7 Å². The van der Waals surface area contributed by atoms with Gasteiger partial charge in [-0.05, 0) is 12.5 Å². The summed E-state index contributed by atoms with van der Waals surface area (Å²) in [5, 5.41) is 10.0. The quantitative estimate of drug-likeness (QED) is 0.797. The highest BCUT2D eigenvalue weighted by atomic mass is 16.5. The first kappa shape index (κ1) is 11.9. The third-order valence-electron chi connectivity index (χ3n) is 3.10. The molecule has 0 saturated heterocycles. The molecular formula is C12H19NO2. The predicted octanol–water partition coefficient (Wildman–Crippen LogP) is 2.03. The van der Waals surface area contributed by atoms with Crippen LogP contribution < -0.4 is 10.5 Å². The van der Waals surface area contributed by atoms with Crippen molar-refractivity contribution in [3.8, 4) is 11.5 Å². The van der Waals surface area contributed by atoms with Crippen molar-refractivity contribution in [2.45, 2.75) is 25.7 Å². The largest absolute Gasteiger partial charge is 0.504 e. The maximum absolute atomic E-state index is 10.0. The van der Waals surface area contributed by atoms with Crippen LogP contribution in [0.3, 0.4) is 0 Å². The SMILES string of the molecule is CCC(C)(CN)c1cccc(OC)c1O. The van der Waals surface area contributed by atoms with Crippen LogP contribution in [0, 0.1) is 0 Å². The van der Waals surface area contributed by atoms with E-state index in [9.17, 15) is 5.11 Å². The third-order valence-corrected chi connectivity index (χ3v) is 3.10. The van der Waals surface area contributed by atoms with E-state index in [1.54, 1.807) is 13.2 Å². The summed E-state index contributed by atoms with van der Waals surface area (Å²) in [6.45, 7) is 4.61. The third kappa shape index (κ3) is 2.07. The lowest BCUT2D eigenvalue weighted by Crippen LogP contribution is -2.31. The molecule has 1 aromatic carbocycles. The number of para-hydroxylation sites is 1. The zero-order valence-corrected chi connectivity index (χ0v) is 9.58. The Bertz CT molecular complexity index is 332. The maximum Gasteiger partial charge on any atom is 0.161 e. The second kappa shape index (κ2) is 4.53. The van der Waals surface area contributed by atoms with Gasteiger partial charge < -0.3 is 15.6 Å². The van der Waals surface area contributed by atoms with Crippen molar-refractivity contribution < 1.29 is 9.84 Å². The van der Waals surface area contributed by atoms with Crippen LogP contribution in [-0.2, 0) is 5.41 Å². The number of hydrogen-bond donors (Lipinski definition) is 2. The minimum atomic E-state index is -0.196.